The Bertz CT molecular complexity index is 568. The standard InChI is InChI=1S/C11H19N3O4S2/c1-4-6-8(3)13-20(17,18)10-7-9(14(15)16)11(19-10)12-5-2/h7-8,12-13H,4-6H2,1-3H3. The van der Waals surface area contributed by atoms with Crippen molar-refractivity contribution in [2.75, 3.05) is 11.9 Å². The van der Waals surface area contributed by atoms with Crippen LogP contribution in [0, 0.1) is 10.1 Å². The van der Waals surface area contributed by atoms with E-state index in [1.165, 1.54) is 0 Å². The highest BCUT2D eigenvalue weighted by Crippen LogP contribution is 2.36. The molecule has 0 radical (unpaired) electrons. The van der Waals surface area contributed by atoms with E-state index in [-0.39, 0.29) is 20.9 Å². The van der Waals surface area contributed by atoms with Crippen molar-refractivity contribution in [3.05, 3.63) is 16.2 Å². The lowest BCUT2D eigenvalue weighted by Gasteiger charge is -2.11. The highest BCUT2D eigenvalue weighted by Gasteiger charge is 2.26. The van der Waals surface area contributed by atoms with E-state index in [1.807, 2.05) is 6.92 Å². The number of nitro groups is 1. The summed E-state index contributed by atoms with van der Waals surface area (Å²) in [6.07, 6.45) is 1.57. The maximum atomic E-state index is 12.2. The van der Waals surface area contributed by atoms with E-state index in [0.717, 1.165) is 23.8 Å². The van der Waals surface area contributed by atoms with Gasteiger partial charge in [0.05, 0.1) is 4.92 Å². The number of nitrogens with one attached hydrogen (secondary N) is 2. The third-order valence-corrected chi connectivity index (χ3v) is 5.71. The Morgan fingerprint density at radius 1 is 1.45 bits per heavy atom. The molecular weight excluding hydrogens is 302 g/mol. The number of nitrogens with zero attached hydrogens (tertiary/aromatic N) is 1. The van der Waals surface area contributed by atoms with Gasteiger partial charge in [0.25, 0.3) is 10.0 Å². The number of hydrogen-bond donors (Lipinski definition) is 2. The summed E-state index contributed by atoms with van der Waals surface area (Å²) in [5, 5.41) is 14.0. The molecule has 0 aliphatic heterocycles. The minimum Gasteiger partial charge on any atom is -0.372 e. The summed E-state index contributed by atoms with van der Waals surface area (Å²) in [4.78, 5) is 10.3. The van der Waals surface area contributed by atoms with Crippen LogP contribution >= 0.6 is 11.3 Å². The molecule has 1 unspecified atom stereocenters. The predicted molar refractivity (Wildman–Crippen MR) is 79.8 cm³/mol. The van der Waals surface area contributed by atoms with Crippen LogP contribution in [-0.4, -0.2) is 25.9 Å². The molecule has 20 heavy (non-hydrogen) atoms. The first-order chi connectivity index (χ1) is 9.31. The van der Waals surface area contributed by atoms with Crippen LogP contribution in [0.1, 0.15) is 33.6 Å². The minimum absolute atomic E-state index is 0.0388. The van der Waals surface area contributed by atoms with Crippen molar-refractivity contribution in [1.82, 2.24) is 4.72 Å². The first-order valence-corrected chi connectivity index (χ1v) is 8.66. The SMILES string of the molecule is CCCC(C)NS(=O)(=O)c1cc([N+](=O)[O-])c(NCC)s1. The molecule has 0 amide bonds. The van der Waals surface area contributed by atoms with Gasteiger partial charge in [-0.05, 0) is 20.3 Å². The number of rotatable bonds is 8. The normalized spacial score (nSPS) is 13.2. The van der Waals surface area contributed by atoms with Gasteiger partial charge in [0.1, 0.15) is 4.21 Å². The Hall–Kier alpha value is -1.19. The summed E-state index contributed by atoms with van der Waals surface area (Å²) in [6.45, 7) is 6.01. The lowest BCUT2D eigenvalue weighted by molar-refractivity contribution is -0.383. The van der Waals surface area contributed by atoms with Gasteiger partial charge in [-0.2, -0.15) is 0 Å². The summed E-state index contributed by atoms with van der Waals surface area (Å²) in [5.41, 5.74) is -0.208. The van der Waals surface area contributed by atoms with Crippen molar-refractivity contribution < 1.29 is 13.3 Å². The third kappa shape index (κ3) is 4.15. The molecule has 114 valence electrons. The van der Waals surface area contributed by atoms with Crippen LogP contribution in [0.4, 0.5) is 10.7 Å². The minimum atomic E-state index is -3.71. The molecule has 7 nitrogen and oxygen atoms in total. The molecule has 1 heterocycles. The van der Waals surface area contributed by atoms with E-state index < -0.39 is 14.9 Å². The highest BCUT2D eigenvalue weighted by molar-refractivity contribution is 7.91. The van der Waals surface area contributed by atoms with Crippen LogP contribution in [0.5, 0.6) is 0 Å². The Balaban J connectivity index is 3.06. The zero-order valence-corrected chi connectivity index (χ0v) is 13.3. The molecule has 0 bridgehead atoms. The molecule has 0 fully saturated rings. The molecule has 2 N–H and O–H groups in total. The van der Waals surface area contributed by atoms with Crippen molar-refractivity contribution in [1.29, 1.82) is 0 Å². The second kappa shape index (κ2) is 7.00. The van der Waals surface area contributed by atoms with Crippen molar-refractivity contribution in [3.8, 4) is 0 Å². The Morgan fingerprint density at radius 3 is 2.60 bits per heavy atom. The Kier molecular flexibility index (Phi) is 5.90. The average molecular weight is 321 g/mol. The first kappa shape index (κ1) is 16.9. The van der Waals surface area contributed by atoms with Gasteiger partial charge in [-0.3, -0.25) is 10.1 Å². The van der Waals surface area contributed by atoms with E-state index in [0.29, 0.717) is 13.0 Å². The molecule has 1 aromatic rings. The van der Waals surface area contributed by atoms with Crippen molar-refractivity contribution >= 4 is 32.0 Å². The highest BCUT2D eigenvalue weighted by atomic mass is 32.2. The monoisotopic (exact) mass is 321 g/mol. The second-order valence-corrected chi connectivity index (χ2v) is 7.37. The summed E-state index contributed by atoms with van der Waals surface area (Å²) in [6, 6.07) is 0.901. The maximum Gasteiger partial charge on any atom is 0.304 e. The van der Waals surface area contributed by atoms with E-state index in [2.05, 4.69) is 10.0 Å². The number of anilines is 1. The molecule has 1 atom stereocenters. The molecule has 0 spiro atoms. The van der Waals surface area contributed by atoms with Gasteiger partial charge in [0, 0.05) is 18.7 Å². The number of thiophene rings is 1. The molecule has 0 aliphatic rings. The van der Waals surface area contributed by atoms with Gasteiger partial charge in [-0.1, -0.05) is 24.7 Å². The predicted octanol–water partition coefficient (Wildman–Crippen LogP) is 2.56. The fourth-order valence-corrected chi connectivity index (χ4v) is 4.42. The van der Waals surface area contributed by atoms with Crippen LogP contribution in [-0.2, 0) is 10.0 Å². The topological polar surface area (TPSA) is 101 Å². The molecule has 0 aromatic carbocycles. The van der Waals surface area contributed by atoms with Gasteiger partial charge < -0.3 is 5.32 Å². The van der Waals surface area contributed by atoms with Gasteiger partial charge in [-0.15, -0.1) is 0 Å². The quantitative estimate of drug-likeness (QED) is 0.566. The molecule has 1 aromatic heterocycles. The lowest BCUT2D eigenvalue weighted by Crippen LogP contribution is -2.31. The molecule has 1 rings (SSSR count). The van der Waals surface area contributed by atoms with Crippen LogP contribution in [0.3, 0.4) is 0 Å². The zero-order chi connectivity index (χ0) is 15.3. The fourth-order valence-electron chi connectivity index (χ4n) is 1.73. The number of sulfonamides is 1. The van der Waals surface area contributed by atoms with E-state index in [4.69, 9.17) is 0 Å². The summed E-state index contributed by atoms with van der Waals surface area (Å²) < 4.78 is 26.8. The van der Waals surface area contributed by atoms with E-state index in [1.54, 1.807) is 13.8 Å². The van der Waals surface area contributed by atoms with Crippen LogP contribution in [0.25, 0.3) is 0 Å². The Morgan fingerprint density at radius 2 is 2.10 bits per heavy atom. The van der Waals surface area contributed by atoms with Crippen molar-refractivity contribution in [2.24, 2.45) is 0 Å². The van der Waals surface area contributed by atoms with Crippen molar-refractivity contribution in [3.63, 3.8) is 0 Å². The number of hydrogen-bond acceptors (Lipinski definition) is 6. The third-order valence-electron chi connectivity index (χ3n) is 2.57. The Labute approximate surface area is 122 Å². The second-order valence-electron chi connectivity index (χ2n) is 4.38. The van der Waals surface area contributed by atoms with Gasteiger partial charge in [0.15, 0.2) is 5.00 Å². The summed E-state index contributed by atoms with van der Waals surface area (Å²) >= 11 is 0.876. The fraction of sp³-hybridized carbons (Fsp3) is 0.636. The molecule has 0 saturated carbocycles. The van der Waals surface area contributed by atoms with E-state index in [9.17, 15) is 18.5 Å². The van der Waals surface area contributed by atoms with Crippen LogP contribution in [0.15, 0.2) is 10.3 Å². The van der Waals surface area contributed by atoms with Crippen molar-refractivity contribution in [2.45, 2.75) is 43.9 Å². The van der Waals surface area contributed by atoms with Crippen LogP contribution < -0.4 is 10.0 Å². The first-order valence-electron chi connectivity index (χ1n) is 6.36. The van der Waals surface area contributed by atoms with Gasteiger partial charge in [-0.25, -0.2) is 13.1 Å². The smallest absolute Gasteiger partial charge is 0.304 e. The largest absolute Gasteiger partial charge is 0.372 e. The maximum absolute atomic E-state index is 12.2. The van der Waals surface area contributed by atoms with Gasteiger partial charge >= 0.3 is 5.69 Å². The van der Waals surface area contributed by atoms with Gasteiger partial charge in [0.2, 0.25) is 0 Å². The molecule has 0 saturated heterocycles. The zero-order valence-electron chi connectivity index (χ0n) is 11.7. The molecule has 0 aliphatic carbocycles. The summed E-state index contributed by atoms with van der Waals surface area (Å²) in [5.74, 6) is 0. The average Bonchev–Trinajstić information content (AvgIpc) is 2.74. The summed E-state index contributed by atoms with van der Waals surface area (Å²) in [7, 11) is -3.71. The lowest BCUT2D eigenvalue weighted by atomic mass is 10.2. The van der Waals surface area contributed by atoms with Crippen LogP contribution in [0.2, 0.25) is 0 Å². The molecule has 9 heteroatoms. The van der Waals surface area contributed by atoms with E-state index >= 15 is 0 Å². The molecular formula is C11H19N3O4S2.